The van der Waals surface area contributed by atoms with E-state index < -0.39 is 5.25 Å². The number of hydrogen-bond donors (Lipinski definition) is 2. The molecule has 1 aliphatic rings. The number of amidine groups is 1. The molecule has 0 aromatic heterocycles. The summed E-state index contributed by atoms with van der Waals surface area (Å²) in [6.45, 7) is 4.18. The average Bonchev–Trinajstić information content (AvgIpc) is 3.06. The summed E-state index contributed by atoms with van der Waals surface area (Å²) in [5.74, 6) is 0.239. The molecule has 0 unspecified atom stereocenters. The van der Waals surface area contributed by atoms with E-state index in [1.807, 2.05) is 6.07 Å². The van der Waals surface area contributed by atoms with Crippen LogP contribution in [0.4, 0.5) is 11.4 Å². The molecule has 1 aliphatic heterocycles. The third kappa shape index (κ3) is 5.17. The highest BCUT2D eigenvalue weighted by Gasteiger charge is 2.32. The molecule has 0 saturated carbocycles. The molecule has 0 aliphatic carbocycles. The molecule has 1 saturated heterocycles. The van der Waals surface area contributed by atoms with Gasteiger partial charge in [-0.2, -0.15) is 0 Å². The molecule has 152 valence electrons. The summed E-state index contributed by atoms with van der Waals surface area (Å²) in [5.41, 5.74) is 3.84. The highest BCUT2D eigenvalue weighted by Crippen LogP contribution is 2.30. The Labute approximate surface area is 175 Å². The van der Waals surface area contributed by atoms with Crippen LogP contribution in [0, 0.1) is 0 Å². The smallest absolute Gasteiger partial charge is 0.240 e. The topological polar surface area (TPSA) is 79.8 Å². The number of aliphatic imine (C=N–C) groups is 1. The van der Waals surface area contributed by atoms with Crippen molar-refractivity contribution in [2.45, 2.75) is 38.4 Å². The zero-order valence-corrected chi connectivity index (χ0v) is 17.6. The fourth-order valence-corrected chi connectivity index (χ4v) is 4.11. The Morgan fingerprint density at radius 3 is 2.52 bits per heavy atom. The van der Waals surface area contributed by atoms with E-state index in [0.29, 0.717) is 16.6 Å². The second-order valence-electron chi connectivity index (χ2n) is 6.63. The number of nitrogens with one attached hydrogen (secondary N) is 2. The summed E-state index contributed by atoms with van der Waals surface area (Å²) >= 11 is 1.30. The molecule has 0 spiro atoms. The molecule has 2 amide bonds. The van der Waals surface area contributed by atoms with Gasteiger partial charge in [-0.3, -0.25) is 9.59 Å². The molecule has 1 fully saturated rings. The van der Waals surface area contributed by atoms with Crippen LogP contribution >= 0.6 is 11.8 Å². The van der Waals surface area contributed by atoms with Crippen molar-refractivity contribution in [1.29, 1.82) is 0 Å². The number of anilines is 1. The van der Waals surface area contributed by atoms with Gasteiger partial charge in [-0.05, 0) is 36.1 Å². The minimum Gasteiger partial charge on any atom is -0.497 e. The predicted molar refractivity (Wildman–Crippen MR) is 118 cm³/mol. The van der Waals surface area contributed by atoms with Gasteiger partial charge >= 0.3 is 0 Å². The third-order valence-electron chi connectivity index (χ3n) is 4.68. The Bertz CT molecular complexity index is 920. The Morgan fingerprint density at radius 1 is 1.17 bits per heavy atom. The van der Waals surface area contributed by atoms with Crippen molar-refractivity contribution in [3.8, 4) is 5.75 Å². The van der Waals surface area contributed by atoms with Gasteiger partial charge in [0.15, 0.2) is 5.17 Å². The maximum absolute atomic E-state index is 12.4. The van der Waals surface area contributed by atoms with Crippen LogP contribution in [0.1, 0.15) is 31.4 Å². The number of para-hydroxylation sites is 1. The SMILES string of the molecule is CCc1cccc(CC)c1N=C1NC(=O)[C@H](CC(=O)Nc2cccc(OC)c2)S1. The number of hydrogen-bond acceptors (Lipinski definition) is 5. The van der Waals surface area contributed by atoms with Crippen LogP contribution < -0.4 is 15.4 Å². The number of aryl methyl sites for hydroxylation is 2. The van der Waals surface area contributed by atoms with Crippen LogP contribution in [-0.4, -0.2) is 29.3 Å². The second kappa shape index (κ2) is 9.60. The molecule has 7 heteroatoms. The minimum absolute atomic E-state index is 0.0722. The lowest BCUT2D eigenvalue weighted by atomic mass is 10.0. The van der Waals surface area contributed by atoms with E-state index in [1.165, 1.54) is 11.8 Å². The highest BCUT2D eigenvalue weighted by molar-refractivity contribution is 8.15. The zero-order chi connectivity index (χ0) is 20.8. The lowest BCUT2D eigenvalue weighted by Gasteiger charge is -2.09. The first-order valence-electron chi connectivity index (χ1n) is 9.64. The average molecular weight is 412 g/mol. The summed E-state index contributed by atoms with van der Waals surface area (Å²) in [5, 5.41) is 5.67. The molecule has 1 atom stereocenters. The Balaban J connectivity index is 1.69. The van der Waals surface area contributed by atoms with Crippen molar-refractivity contribution < 1.29 is 14.3 Å². The number of amides is 2. The van der Waals surface area contributed by atoms with E-state index in [2.05, 4.69) is 36.6 Å². The van der Waals surface area contributed by atoms with Gasteiger partial charge in [0, 0.05) is 18.2 Å². The fraction of sp³-hybridized carbons (Fsp3) is 0.318. The molecule has 6 nitrogen and oxygen atoms in total. The van der Waals surface area contributed by atoms with E-state index in [4.69, 9.17) is 9.73 Å². The lowest BCUT2D eigenvalue weighted by Crippen LogP contribution is -2.28. The van der Waals surface area contributed by atoms with E-state index in [-0.39, 0.29) is 18.2 Å². The second-order valence-corrected chi connectivity index (χ2v) is 7.82. The molecule has 2 aromatic rings. The van der Waals surface area contributed by atoms with Crippen LogP contribution in [0.15, 0.2) is 47.5 Å². The molecule has 2 aromatic carbocycles. The zero-order valence-electron chi connectivity index (χ0n) is 16.8. The monoisotopic (exact) mass is 411 g/mol. The molecule has 3 rings (SSSR count). The summed E-state index contributed by atoms with van der Waals surface area (Å²) in [4.78, 5) is 29.5. The van der Waals surface area contributed by atoms with E-state index in [1.54, 1.807) is 31.4 Å². The van der Waals surface area contributed by atoms with Crippen molar-refractivity contribution in [3.05, 3.63) is 53.6 Å². The molecule has 0 bridgehead atoms. The Morgan fingerprint density at radius 2 is 1.86 bits per heavy atom. The van der Waals surface area contributed by atoms with Crippen molar-refractivity contribution in [1.82, 2.24) is 5.32 Å². The van der Waals surface area contributed by atoms with Crippen molar-refractivity contribution in [3.63, 3.8) is 0 Å². The standard InChI is InChI=1S/C22H25N3O3S/c1-4-14-8-6-9-15(5-2)20(14)24-22-25-21(27)18(29-22)13-19(26)23-16-10-7-11-17(12-16)28-3/h6-12,18H,4-5,13H2,1-3H3,(H,23,26)(H,24,25,27)/t18-/m0/s1. The summed E-state index contributed by atoms with van der Waals surface area (Å²) in [6.07, 6.45) is 1.80. The maximum atomic E-state index is 12.4. The number of thioether (sulfide) groups is 1. The molecule has 1 heterocycles. The summed E-state index contributed by atoms with van der Waals surface area (Å²) < 4.78 is 5.16. The number of rotatable bonds is 7. The van der Waals surface area contributed by atoms with E-state index in [0.717, 1.165) is 29.7 Å². The van der Waals surface area contributed by atoms with Gasteiger partial charge in [-0.1, -0.05) is 49.9 Å². The number of carbonyl (C=O) groups excluding carboxylic acids is 2. The first kappa shape index (κ1) is 20.9. The van der Waals surface area contributed by atoms with Gasteiger partial charge < -0.3 is 15.4 Å². The molecular weight excluding hydrogens is 386 g/mol. The Kier molecular flexibility index (Phi) is 6.93. The highest BCUT2D eigenvalue weighted by atomic mass is 32.2. The predicted octanol–water partition coefficient (Wildman–Crippen LogP) is 4.07. The van der Waals surface area contributed by atoms with Gasteiger partial charge in [-0.15, -0.1) is 0 Å². The van der Waals surface area contributed by atoms with Crippen LogP contribution in [-0.2, 0) is 22.4 Å². The van der Waals surface area contributed by atoms with E-state index in [9.17, 15) is 9.59 Å². The Hall–Kier alpha value is -2.80. The minimum atomic E-state index is -0.502. The first-order chi connectivity index (χ1) is 14.0. The number of methoxy groups -OCH3 is 1. The number of ether oxygens (including phenoxy) is 1. The van der Waals surface area contributed by atoms with Crippen LogP contribution in [0.25, 0.3) is 0 Å². The largest absolute Gasteiger partial charge is 0.497 e. The maximum Gasteiger partial charge on any atom is 0.240 e. The first-order valence-corrected chi connectivity index (χ1v) is 10.5. The van der Waals surface area contributed by atoms with Crippen LogP contribution in [0.2, 0.25) is 0 Å². The van der Waals surface area contributed by atoms with Crippen molar-refractivity contribution in [2.24, 2.45) is 4.99 Å². The molecular formula is C22H25N3O3S. The third-order valence-corrected chi connectivity index (χ3v) is 5.76. The molecule has 2 N–H and O–H groups in total. The number of carbonyl (C=O) groups is 2. The van der Waals surface area contributed by atoms with Gasteiger partial charge in [0.05, 0.1) is 12.8 Å². The summed E-state index contributed by atoms with van der Waals surface area (Å²) in [6, 6.07) is 13.3. The van der Waals surface area contributed by atoms with Crippen molar-refractivity contribution >= 4 is 40.1 Å². The fourth-order valence-electron chi connectivity index (χ4n) is 3.13. The number of benzene rings is 2. The van der Waals surface area contributed by atoms with Crippen molar-refractivity contribution in [2.75, 3.05) is 12.4 Å². The quantitative estimate of drug-likeness (QED) is 0.720. The number of nitrogens with zero attached hydrogens (tertiary/aromatic N) is 1. The molecule has 0 radical (unpaired) electrons. The van der Waals surface area contributed by atoms with Gasteiger partial charge in [-0.25, -0.2) is 4.99 Å². The normalized spacial score (nSPS) is 17.3. The summed E-state index contributed by atoms with van der Waals surface area (Å²) in [7, 11) is 1.57. The molecule has 29 heavy (non-hydrogen) atoms. The van der Waals surface area contributed by atoms with Gasteiger partial charge in [0.25, 0.3) is 0 Å². The van der Waals surface area contributed by atoms with Crippen LogP contribution in [0.3, 0.4) is 0 Å². The van der Waals surface area contributed by atoms with E-state index >= 15 is 0 Å². The van der Waals surface area contributed by atoms with Gasteiger partial charge in [0.1, 0.15) is 11.0 Å². The van der Waals surface area contributed by atoms with Crippen LogP contribution in [0.5, 0.6) is 5.75 Å². The van der Waals surface area contributed by atoms with Gasteiger partial charge in [0.2, 0.25) is 11.8 Å². The lowest BCUT2D eigenvalue weighted by molar-refractivity contribution is -0.122.